The molecule has 1 aromatic rings. The van der Waals surface area contributed by atoms with Gasteiger partial charge in [0, 0.05) is 12.4 Å². The van der Waals surface area contributed by atoms with Crippen LogP contribution in [0.3, 0.4) is 0 Å². The van der Waals surface area contributed by atoms with E-state index in [4.69, 9.17) is 0 Å². The molecule has 10 heavy (non-hydrogen) atoms. The third-order valence-electron chi connectivity index (χ3n) is 0.566. The van der Waals surface area contributed by atoms with Crippen molar-refractivity contribution in [2.45, 2.75) is 0 Å². The molecular weight excluding hydrogens is 140 g/mol. The average Bonchev–Trinajstić information content (AvgIpc) is 1.96. The van der Waals surface area contributed by atoms with E-state index in [1.165, 1.54) is 0 Å². The Bertz CT molecular complexity index is 85.5. The maximum atomic E-state index is 9.50. The van der Waals surface area contributed by atoms with Gasteiger partial charge in [-0.1, -0.05) is 6.07 Å². The van der Waals surface area contributed by atoms with E-state index in [-0.39, 0.29) is 37.0 Å². The van der Waals surface area contributed by atoms with Crippen molar-refractivity contribution < 1.29 is 33.9 Å². The molecule has 0 aromatic carbocycles. The third-order valence-corrected chi connectivity index (χ3v) is 0.566. The minimum atomic E-state index is 0. The first kappa shape index (κ1) is 16.6. The summed E-state index contributed by atoms with van der Waals surface area (Å²) in [6.07, 6.45) is 3.50. The number of pyridine rings is 1. The fourth-order valence-electron chi connectivity index (χ4n) is 0.313. The van der Waals surface area contributed by atoms with Crippen LogP contribution in [0, 0.1) is 7.43 Å². The van der Waals surface area contributed by atoms with Gasteiger partial charge in [0.15, 0.2) is 0 Å². The normalized spacial score (nSPS) is 5.40. The van der Waals surface area contributed by atoms with E-state index in [2.05, 4.69) is 4.98 Å². The first-order valence-electron chi connectivity index (χ1n) is 2.23. The topological polar surface area (TPSA) is 12.9 Å². The van der Waals surface area contributed by atoms with Crippen LogP contribution in [0.25, 0.3) is 0 Å². The molecule has 0 bridgehead atoms. The zero-order valence-electron chi connectivity index (χ0n) is 6.71. The Morgan fingerprint density at radius 3 is 1.50 bits per heavy atom. The van der Waals surface area contributed by atoms with E-state index < -0.39 is 0 Å². The molecule has 1 heterocycles. The van der Waals surface area contributed by atoms with Gasteiger partial charge in [0.2, 0.25) is 0 Å². The number of aromatic nitrogens is 1. The van der Waals surface area contributed by atoms with E-state index in [1.54, 1.807) is 12.4 Å². The van der Waals surface area contributed by atoms with Gasteiger partial charge in [-0.15, -0.1) is 0 Å². The Labute approximate surface area is 84.0 Å². The zero-order chi connectivity index (χ0) is 6.24. The second-order valence-electron chi connectivity index (χ2n) is 1.02. The van der Waals surface area contributed by atoms with Crippen LogP contribution in [0.1, 0.15) is 0 Å². The van der Waals surface area contributed by atoms with Crippen molar-refractivity contribution >= 4 is 0 Å². The molecule has 1 rings (SSSR count). The molecule has 0 amide bonds. The minimum Gasteiger partial charge on any atom is -0.358 e. The monoisotopic (exact) mass is 151 g/mol. The summed E-state index contributed by atoms with van der Waals surface area (Å²) in [5, 5.41) is 0. The van der Waals surface area contributed by atoms with Gasteiger partial charge >= 0.3 is 29.6 Å². The second-order valence-corrected chi connectivity index (χ2v) is 1.02. The van der Waals surface area contributed by atoms with Gasteiger partial charge in [0.05, 0.1) is 7.18 Å². The van der Waals surface area contributed by atoms with E-state index in [0.717, 1.165) is 0 Å². The molecule has 3 heteroatoms. The third kappa shape index (κ3) is 11.0. The maximum Gasteiger partial charge on any atom is 1.00 e. The molecule has 0 N–H and O–H groups in total. The molecule has 0 aliphatic carbocycles. The fraction of sp³-hybridized carbons (Fsp3) is 0.143. The summed E-state index contributed by atoms with van der Waals surface area (Å²) in [6, 6.07) is 5.72. The van der Waals surface area contributed by atoms with Gasteiger partial charge < -0.3 is 7.43 Å². The molecule has 0 radical (unpaired) electrons. The molecule has 0 atom stereocenters. The van der Waals surface area contributed by atoms with Crippen molar-refractivity contribution in [3.63, 3.8) is 0 Å². The van der Waals surface area contributed by atoms with Crippen molar-refractivity contribution in [1.82, 2.24) is 4.98 Å². The molecule has 0 spiro atoms. The predicted octanol–water partition coefficient (Wildman–Crippen LogP) is -0.878. The first-order valence-corrected chi connectivity index (χ1v) is 2.23. The number of alkyl halides is 1. The minimum absolute atomic E-state index is 0. The standard InChI is InChI=1S/C5H5N.CH3F.CH3.Na/c1-2-4-6-5-3-1;1-2;;/h1-5H;1H3;1H3;/q;;-1;+1. The largest absolute Gasteiger partial charge is 1.00 e. The predicted molar refractivity (Wildman–Crippen MR) is 37.7 cm³/mol. The van der Waals surface area contributed by atoms with Crippen molar-refractivity contribution in [3.05, 3.63) is 38.0 Å². The average molecular weight is 151 g/mol. The smallest absolute Gasteiger partial charge is 0.358 e. The van der Waals surface area contributed by atoms with Crippen molar-refractivity contribution in [2.75, 3.05) is 7.18 Å². The van der Waals surface area contributed by atoms with Gasteiger partial charge in [-0.3, -0.25) is 9.37 Å². The maximum absolute atomic E-state index is 9.50. The summed E-state index contributed by atoms with van der Waals surface area (Å²) < 4.78 is 9.50. The number of halogens is 1. The van der Waals surface area contributed by atoms with Gasteiger partial charge in [0.25, 0.3) is 0 Å². The summed E-state index contributed by atoms with van der Waals surface area (Å²) in [7, 11) is 0.500. The Balaban J connectivity index is -0.000000114. The number of hydrogen-bond acceptors (Lipinski definition) is 1. The van der Waals surface area contributed by atoms with E-state index in [9.17, 15) is 4.39 Å². The fourth-order valence-corrected chi connectivity index (χ4v) is 0.313. The van der Waals surface area contributed by atoms with E-state index >= 15 is 0 Å². The second kappa shape index (κ2) is 16.0. The van der Waals surface area contributed by atoms with Crippen molar-refractivity contribution in [3.8, 4) is 0 Å². The van der Waals surface area contributed by atoms with Crippen LogP contribution in [-0.2, 0) is 0 Å². The van der Waals surface area contributed by atoms with Crippen molar-refractivity contribution in [1.29, 1.82) is 0 Å². The van der Waals surface area contributed by atoms with Gasteiger partial charge in [-0.2, -0.15) is 0 Å². The van der Waals surface area contributed by atoms with Crippen LogP contribution in [0.4, 0.5) is 4.39 Å². The number of nitrogens with zero attached hydrogens (tertiary/aromatic N) is 1. The molecule has 0 aliphatic rings. The summed E-state index contributed by atoms with van der Waals surface area (Å²) in [5.41, 5.74) is 0. The molecule has 1 aromatic heterocycles. The van der Waals surface area contributed by atoms with Gasteiger partial charge in [0.1, 0.15) is 0 Å². The molecule has 0 saturated carbocycles. The summed E-state index contributed by atoms with van der Waals surface area (Å²) >= 11 is 0. The van der Waals surface area contributed by atoms with E-state index in [1.807, 2.05) is 18.2 Å². The molecular formula is C7H11FNNa. The van der Waals surface area contributed by atoms with Crippen LogP contribution in [-0.4, -0.2) is 12.2 Å². The van der Waals surface area contributed by atoms with Gasteiger partial charge in [-0.05, 0) is 12.1 Å². The van der Waals surface area contributed by atoms with Crippen LogP contribution in [0.5, 0.6) is 0 Å². The zero-order valence-corrected chi connectivity index (χ0v) is 8.71. The number of rotatable bonds is 0. The molecule has 0 fully saturated rings. The molecule has 1 nitrogen and oxygen atoms in total. The molecule has 0 saturated heterocycles. The molecule has 52 valence electrons. The van der Waals surface area contributed by atoms with Crippen molar-refractivity contribution in [2.24, 2.45) is 0 Å². The first-order chi connectivity index (χ1) is 4.00. The van der Waals surface area contributed by atoms with Crippen LogP contribution >= 0.6 is 0 Å². The molecule has 0 unspecified atom stereocenters. The summed E-state index contributed by atoms with van der Waals surface area (Å²) in [5.74, 6) is 0. The summed E-state index contributed by atoms with van der Waals surface area (Å²) in [6.45, 7) is 0. The van der Waals surface area contributed by atoms with Crippen LogP contribution in [0.2, 0.25) is 0 Å². The Hall–Kier alpha value is 0.0800. The SMILES string of the molecule is CF.[CH3-].[Na+].c1ccncc1. The van der Waals surface area contributed by atoms with Gasteiger partial charge in [-0.25, -0.2) is 0 Å². The van der Waals surface area contributed by atoms with Crippen LogP contribution < -0.4 is 29.6 Å². The van der Waals surface area contributed by atoms with E-state index in [0.29, 0.717) is 7.18 Å². The Morgan fingerprint density at radius 1 is 1.00 bits per heavy atom. The quantitative estimate of drug-likeness (QED) is 0.346. The summed E-state index contributed by atoms with van der Waals surface area (Å²) in [4.78, 5) is 3.78. The number of hydrogen-bond donors (Lipinski definition) is 0. The Morgan fingerprint density at radius 2 is 1.40 bits per heavy atom. The Kier molecular flexibility index (Phi) is 26.6. The molecule has 0 aliphatic heterocycles. The van der Waals surface area contributed by atoms with Crippen LogP contribution in [0.15, 0.2) is 30.6 Å².